The third-order valence-electron chi connectivity index (χ3n) is 1.69. The third-order valence-corrected chi connectivity index (χ3v) is 1.69. The van der Waals surface area contributed by atoms with E-state index in [1.807, 2.05) is 6.08 Å². The lowest BCUT2D eigenvalue weighted by Crippen LogP contribution is -1.92. The molecule has 64 valence electrons. The fourth-order valence-corrected chi connectivity index (χ4v) is 1.31. The Morgan fingerprint density at radius 2 is 1.75 bits per heavy atom. The highest BCUT2D eigenvalue weighted by Gasteiger charge is 1.90. The van der Waals surface area contributed by atoms with E-state index in [0.717, 1.165) is 0 Å². The molecule has 1 aromatic carbocycles. The zero-order valence-corrected chi connectivity index (χ0v) is 7.67. The molecule has 0 aliphatic heterocycles. The molecule has 1 heteroatoms. The molecule has 12 heavy (non-hydrogen) atoms. The van der Waals surface area contributed by atoms with Crippen LogP contribution in [0.5, 0.6) is 0 Å². The van der Waals surface area contributed by atoms with Gasteiger partial charge in [-0.2, -0.15) is 0 Å². The van der Waals surface area contributed by atoms with Crippen LogP contribution in [0.2, 0.25) is 0 Å². The maximum absolute atomic E-state index is 5.37. The minimum absolute atomic E-state index is 0.604. The first-order valence-electron chi connectivity index (χ1n) is 4.17. The minimum atomic E-state index is 0.604. The Bertz CT molecular complexity index is 267. The van der Waals surface area contributed by atoms with Crippen molar-refractivity contribution in [3.05, 3.63) is 41.0 Å². The van der Waals surface area contributed by atoms with Gasteiger partial charge >= 0.3 is 0 Å². The van der Waals surface area contributed by atoms with Crippen LogP contribution >= 0.6 is 0 Å². The van der Waals surface area contributed by atoms with E-state index in [9.17, 15) is 0 Å². The van der Waals surface area contributed by atoms with Crippen LogP contribution in [0, 0.1) is 13.8 Å². The molecule has 0 atom stereocenters. The van der Waals surface area contributed by atoms with E-state index >= 15 is 0 Å². The molecular weight excluding hydrogens is 146 g/mol. The van der Waals surface area contributed by atoms with Crippen molar-refractivity contribution in [1.29, 1.82) is 0 Å². The number of aryl methyl sites for hydroxylation is 2. The van der Waals surface area contributed by atoms with E-state index in [-0.39, 0.29) is 0 Å². The van der Waals surface area contributed by atoms with Crippen molar-refractivity contribution in [2.24, 2.45) is 5.73 Å². The smallest absolute Gasteiger partial charge is 0.0110 e. The molecule has 0 radical (unpaired) electrons. The zero-order chi connectivity index (χ0) is 8.97. The molecule has 0 saturated heterocycles. The Balaban J connectivity index is 2.93. The number of benzene rings is 1. The van der Waals surface area contributed by atoms with Crippen molar-refractivity contribution < 1.29 is 0 Å². The Kier molecular flexibility index (Phi) is 3.06. The quantitative estimate of drug-likeness (QED) is 0.707. The van der Waals surface area contributed by atoms with Crippen LogP contribution in [-0.2, 0) is 0 Å². The average Bonchev–Trinajstić information content (AvgIpc) is 1.99. The molecule has 2 N–H and O–H groups in total. The van der Waals surface area contributed by atoms with Crippen LogP contribution in [0.1, 0.15) is 16.7 Å². The second kappa shape index (κ2) is 4.07. The van der Waals surface area contributed by atoms with Gasteiger partial charge in [0.15, 0.2) is 0 Å². The molecule has 0 unspecified atom stereocenters. The van der Waals surface area contributed by atoms with Crippen molar-refractivity contribution in [3.63, 3.8) is 0 Å². The highest BCUT2D eigenvalue weighted by Crippen LogP contribution is 2.09. The van der Waals surface area contributed by atoms with E-state index in [2.05, 4.69) is 38.1 Å². The first-order chi connectivity index (χ1) is 5.72. The Hall–Kier alpha value is -1.08. The second-order valence-electron chi connectivity index (χ2n) is 3.06. The van der Waals surface area contributed by atoms with E-state index in [1.54, 1.807) is 0 Å². The molecule has 0 spiro atoms. The largest absolute Gasteiger partial charge is 0.327 e. The molecular formula is C11H15N. The summed E-state index contributed by atoms with van der Waals surface area (Å²) in [5, 5.41) is 0. The maximum atomic E-state index is 5.37. The van der Waals surface area contributed by atoms with E-state index in [0.29, 0.717) is 6.54 Å². The maximum Gasteiger partial charge on any atom is 0.0110 e. The Labute approximate surface area is 73.9 Å². The van der Waals surface area contributed by atoms with Crippen LogP contribution in [0.15, 0.2) is 24.3 Å². The highest BCUT2D eigenvalue weighted by molar-refractivity contribution is 5.51. The van der Waals surface area contributed by atoms with Crippen LogP contribution in [0.3, 0.4) is 0 Å². The number of hydrogen-bond acceptors (Lipinski definition) is 1. The van der Waals surface area contributed by atoms with Gasteiger partial charge in [-0.25, -0.2) is 0 Å². The molecule has 0 fully saturated rings. The van der Waals surface area contributed by atoms with Crippen molar-refractivity contribution in [2.45, 2.75) is 13.8 Å². The van der Waals surface area contributed by atoms with Crippen LogP contribution in [0.4, 0.5) is 0 Å². The van der Waals surface area contributed by atoms with Gasteiger partial charge in [0.2, 0.25) is 0 Å². The van der Waals surface area contributed by atoms with Gasteiger partial charge in [0.1, 0.15) is 0 Å². The van der Waals surface area contributed by atoms with E-state index in [4.69, 9.17) is 5.73 Å². The molecule has 0 amide bonds. The highest BCUT2D eigenvalue weighted by atomic mass is 14.5. The predicted molar refractivity (Wildman–Crippen MR) is 54.0 cm³/mol. The predicted octanol–water partition coefficient (Wildman–Crippen LogP) is 2.28. The van der Waals surface area contributed by atoms with Crippen LogP contribution < -0.4 is 5.73 Å². The van der Waals surface area contributed by atoms with Crippen molar-refractivity contribution in [1.82, 2.24) is 0 Å². The first kappa shape index (κ1) is 9.01. The molecule has 0 bridgehead atoms. The standard InChI is InChI=1S/C11H15N/c1-9-6-10(2)8-11(7-9)4-3-5-12/h3-4,6-8H,5,12H2,1-2H3/b4-3+. The van der Waals surface area contributed by atoms with Crippen LogP contribution in [0.25, 0.3) is 6.08 Å². The lowest BCUT2D eigenvalue weighted by Gasteiger charge is -1.99. The molecule has 1 rings (SSSR count). The van der Waals surface area contributed by atoms with E-state index < -0.39 is 0 Å². The van der Waals surface area contributed by atoms with Gasteiger partial charge in [-0.3, -0.25) is 0 Å². The van der Waals surface area contributed by atoms with Gasteiger partial charge in [-0.15, -0.1) is 0 Å². The van der Waals surface area contributed by atoms with Gasteiger partial charge in [-0.05, 0) is 19.4 Å². The number of nitrogens with two attached hydrogens (primary N) is 1. The van der Waals surface area contributed by atoms with Gasteiger partial charge in [0.05, 0.1) is 0 Å². The summed E-state index contributed by atoms with van der Waals surface area (Å²) in [6, 6.07) is 6.47. The second-order valence-corrected chi connectivity index (χ2v) is 3.06. The monoisotopic (exact) mass is 161 g/mol. The summed E-state index contributed by atoms with van der Waals surface area (Å²) in [6.45, 7) is 4.81. The van der Waals surface area contributed by atoms with Gasteiger partial charge in [-0.1, -0.05) is 41.5 Å². The Morgan fingerprint density at radius 1 is 1.17 bits per heavy atom. The minimum Gasteiger partial charge on any atom is -0.327 e. The molecule has 0 aliphatic carbocycles. The molecule has 0 saturated carbocycles. The molecule has 1 nitrogen and oxygen atoms in total. The third kappa shape index (κ3) is 2.51. The lowest BCUT2D eigenvalue weighted by atomic mass is 10.1. The summed E-state index contributed by atoms with van der Waals surface area (Å²) in [5.74, 6) is 0. The Morgan fingerprint density at radius 3 is 2.25 bits per heavy atom. The summed E-state index contributed by atoms with van der Waals surface area (Å²) < 4.78 is 0. The van der Waals surface area contributed by atoms with Gasteiger partial charge < -0.3 is 5.73 Å². The number of hydrogen-bond donors (Lipinski definition) is 1. The van der Waals surface area contributed by atoms with Crippen molar-refractivity contribution in [2.75, 3.05) is 6.54 Å². The normalized spacial score (nSPS) is 10.9. The molecule has 0 aromatic heterocycles. The van der Waals surface area contributed by atoms with Gasteiger partial charge in [0.25, 0.3) is 0 Å². The molecule has 1 aromatic rings. The van der Waals surface area contributed by atoms with Gasteiger partial charge in [0, 0.05) is 6.54 Å². The fourth-order valence-electron chi connectivity index (χ4n) is 1.31. The summed E-state index contributed by atoms with van der Waals surface area (Å²) in [4.78, 5) is 0. The topological polar surface area (TPSA) is 26.0 Å². The number of rotatable bonds is 2. The zero-order valence-electron chi connectivity index (χ0n) is 7.67. The molecule has 0 heterocycles. The summed E-state index contributed by atoms with van der Waals surface area (Å²) in [6.07, 6.45) is 4.02. The first-order valence-corrected chi connectivity index (χ1v) is 4.17. The molecule has 0 aliphatic rings. The van der Waals surface area contributed by atoms with Crippen molar-refractivity contribution in [3.8, 4) is 0 Å². The summed E-state index contributed by atoms with van der Waals surface area (Å²) in [7, 11) is 0. The lowest BCUT2D eigenvalue weighted by molar-refractivity contribution is 1.26. The van der Waals surface area contributed by atoms with E-state index in [1.165, 1.54) is 16.7 Å². The summed E-state index contributed by atoms with van der Waals surface area (Å²) in [5.41, 5.74) is 9.20. The SMILES string of the molecule is Cc1cc(C)cc(/C=C/CN)c1. The van der Waals surface area contributed by atoms with Crippen molar-refractivity contribution >= 4 is 6.08 Å². The summed E-state index contributed by atoms with van der Waals surface area (Å²) >= 11 is 0. The van der Waals surface area contributed by atoms with Crippen LogP contribution in [-0.4, -0.2) is 6.54 Å². The fraction of sp³-hybridized carbons (Fsp3) is 0.273. The average molecular weight is 161 g/mol.